The molecule has 4 aliphatic carbocycles. The Hall–Kier alpha value is -0.650. The number of ether oxygens (including phenoxy) is 2. The molecule has 0 aromatic rings. The Morgan fingerprint density at radius 3 is 2.48 bits per heavy atom. The Kier molecular flexibility index (Phi) is 3.28. The average Bonchev–Trinajstić information content (AvgIpc) is 2.35. The van der Waals surface area contributed by atoms with Gasteiger partial charge in [-0.25, -0.2) is 0 Å². The van der Waals surface area contributed by atoms with Gasteiger partial charge in [0.25, 0.3) is 0 Å². The van der Waals surface area contributed by atoms with Crippen LogP contribution in [0.15, 0.2) is 0 Å². The molecule has 21 heavy (non-hydrogen) atoms. The van der Waals surface area contributed by atoms with E-state index >= 15 is 0 Å². The van der Waals surface area contributed by atoms with E-state index in [1.165, 1.54) is 6.42 Å². The number of nitrogens with zero attached hydrogens (tertiary/aromatic N) is 1. The zero-order valence-corrected chi connectivity index (χ0v) is 12.6. The number of carbonyl (C=O) groups excluding carboxylic acids is 1. The largest absolute Gasteiger partial charge is 0.458 e. The highest BCUT2D eigenvalue weighted by atomic mass is 16.6. The van der Waals surface area contributed by atoms with Gasteiger partial charge in [0.2, 0.25) is 0 Å². The summed E-state index contributed by atoms with van der Waals surface area (Å²) >= 11 is 0. The summed E-state index contributed by atoms with van der Waals surface area (Å²) in [6, 6.07) is 0. The zero-order valence-electron chi connectivity index (χ0n) is 12.6. The Balaban J connectivity index is 1.40. The van der Waals surface area contributed by atoms with Gasteiger partial charge in [0, 0.05) is 19.5 Å². The summed E-state index contributed by atoms with van der Waals surface area (Å²) in [6.45, 7) is 3.36. The lowest BCUT2D eigenvalue weighted by Gasteiger charge is -2.59. The number of morpholine rings is 1. The molecule has 4 saturated carbocycles. The van der Waals surface area contributed by atoms with Gasteiger partial charge < -0.3 is 14.6 Å². The van der Waals surface area contributed by atoms with Gasteiger partial charge in [0.15, 0.2) is 0 Å². The third-order valence-corrected chi connectivity index (χ3v) is 5.76. The van der Waals surface area contributed by atoms with Crippen LogP contribution in [0.1, 0.15) is 38.5 Å². The molecule has 1 saturated heterocycles. The molecule has 1 N–H and O–H groups in total. The standard InChI is InChI=1S/C16H25NO4/c18-14(10-17-1-3-20-4-2-17)21-16-8-12-5-13(9-16)7-15(19,6-12)11-16/h12-13,19H,1-11H2. The second kappa shape index (κ2) is 4.93. The molecule has 5 fully saturated rings. The fourth-order valence-electron chi connectivity index (χ4n) is 5.47. The smallest absolute Gasteiger partial charge is 0.320 e. The molecule has 118 valence electrons. The highest BCUT2D eigenvalue weighted by molar-refractivity contribution is 5.72. The first-order chi connectivity index (χ1) is 10.0. The van der Waals surface area contributed by atoms with Gasteiger partial charge in [0.1, 0.15) is 5.60 Å². The first-order valence-electron chi connectivity index (χ1n) is 8.29. The molecule has 0 spiro atoms. The maximum absolute atomic E-state index is 12.3. The lowest BCUT2D eigenvalue weighted by atomic mass is 9.52. The fourth-order valence-corrected chi connectivity index (χ4v) is 5.47. The predicted octanol–water partition coefficient (Wildman–Crippen LogP) is 0.945. The van der Waals surface area contributed by atoms with Crippen molar-refractivity contribution < 1.29 is 19.4 Å². The van der Waals surface area contributed by atoms with E-state index in [1.807, 2.05) is 0 Å². The lowest BCUT2D eigenvalue weighted by Crippen LogP contribution is -2.60. The van der Waals surface area contributed by atoms with Crippen LogP contribution < -0.4 is 0 Å². The quantitative estimate of drug-likeness (QED) is 0.786. The molecular weight excluding hydrogens is 270 g/mol. The van der Waals surface area contributed by atoms with Crippen molar-refractivity contribution in [3.8, 4) is 0 Å². The second-order valence-electron chi connectivity index (χ2n) is 7.73. The third-order valence-electron chi connectivity index (χ3n) is 5.76. The van der Waals surface area contributed by atoms with Crippen LogP contribution in [-0.4, -0.2) is 60.0 Å². The van der Waals surface area contributed by atoms with Crippen LogP contribution in [0.25, 0.3) is 0 Å². The molecule has 1 heterocycles. The Morgan fingerprint density at radius 1 is 1.19 bits per heavy atom. The number of hydrogen-bond donors (Lipinski definition) is 1. The Morgan fingerprint density at radius 2 is 1.86 bits per heavy atom. The van der Waals surface area contributed by atoms with E-state index in [4.69, 9.17) is 9.47 Å². The number of aliphatic hydroxyl groups is 1. The van der Waals surface area contributed by atoms with Crippen molar-refractivity contribution in [1.29, 1.82) is 0 Å². The minimum absolute atomic E-state index is 0.123. The first kappa shape index (κ1) is 14.0. The van der Waals surface area contributed by atoms with Crippen LogP contribution in [0.4, 0.5) is 0 Å². The summed E-state index contributed by atoms with van der Waals surface area (Å²) in [5.74, 6) is 0.974. The molecule has 5 rings (SSSR count). The van der Waals surface area contributed by atoms with Crippen LogP contribution in [0.3, 0.4) is 0 Å². The molecule has 0 aromatic carbocycles. The highest BCUT2D eigenvalue weighted by Gasteiger charge is 2.59. The van der Waals surface area contributed by atoms with E-state index in [-0.39, 0.29) is 11.6 Å². The van der Waals surface area contributed by atoms with Crippen molar-refractivity contribution >= 4 is 5.97 Å². The van der Waals surface area contributed by atoms with Gasteiger partial charge in [-0.15, -0.1) is 0 Å². The zero-order chi connectivity index (χ0) is 14.5. The van der Waals surface area contributed by atoms with E-state index in [1.54, 1.807) is 0 Å². The SMILES string of the molecule is O=C(CN1CCOCC1)OC12CC3CC(CC(O)(C3)C1)C2. The minimum Gasteiger partial charge on any atom is -0.458 e. The van der Waals surface area contributed by atoms with Gasteiger partial charge >= 0.3 is 5.97 Å². The topological polar surface area (TPSA) is 59.0 Å². The first-order valence-corrected chi connectivity index (χ1v) is 8.29. The summed E-state index contributed by atoms with van der Waals surface area (Å²) < 4.78 is 11.2. The monoisotopic (exact) mass is 295 g/mol. The van der Waals surface area contributed by atoms with E-state index in [9.17, 15) is 9.90 Å². The Labute approximate surface area is 125 Å². The van der Waals surface area contributed by atoms with Crippen molar-refractivity contribution in [2.75, 3.05) is 32.8 Å². The molecule has 2 atom stereocenters. The number of hydrogen-bond acceptors (Lipinski definition) is 5. The van der Waals surface area contributed by atoms with E-state index in [2.05, 4.69) is 4.90 Å². The van der Waals surface area contributed by atoms with Crippen molar-refractivity contribution in [1.82, 2.24) is 4.90 Å². The summed E-state index contributed by atoms with van der Waals surface area (Å²) in [4.78, 5) is 14.4. The van der Waals surface area contributed by atoms with Gasteiger partial charge in [-0.05, 0) is 43.9 Å². The number of rotatable bonds is 3. The summed E-state index contributed by atoms with van der Waals surface area (Å²) in [6.07, 6.45) is 5.60. The number of carbonyl (C=O) groups is 1. The van der Waals surface area contributed by atoms with Crippen LogP contribution in [-0.2, 0) is 14.3 Å². The maximum Gasteiger partial charge on any atom is 0.320 e. The third kappa shape index (κ3) is 2.71. The average molecular weight is 295 g/mol. The number of esters is 1. The molecule has 2 unspecified atom stereocenters. The molecule has 0 aromatic heterocycles. The van der Waals surface area contributed by atoms with E-state index < -0.39 is 5.60 Å². The lowest BCUT2D eigenvalue weighted by molar-refractivity contribution is -0.220. The van der Waals surface area contributed by atoms with Crippen LogP contribution in [0.2, 0.25) is 0 Å². The second-order valence-corrected chi connectivity index (χ2v) is 7.73. The maximum atomic E-state index is 12.3. The Bertz CT molecular complexity index is 418. The van der Waals surface area contributed by atoms with Gasteiger partial charge in [-0.3, -0.25) is 9.69 Å². The van der Waals surface area contributed by atoms with E-state index in [0.717, 1.165) is 38.8 Å². The molecular formula is C16H25NO4. The normalized spacial score (nSPS) is 45.8. The molecule has 5 aliphatic rings. The molecule has 5 heteroatoms. The van der Waals surface area contributed by atoms with Crippen molar-refractivity contribution in [3.63, 3.8) is 0 Å². The van der Waals surface area contributed by atoms with Gasteiger partial charge in [-0.2, -0.15) is 0 Å². The molecule has 0 amide bonds. The summed E-state index contributed by atoms with van der Waals surface area (Å²) in [5, 5.41) is 10.7. The van der Waals surface area contributed by atoms with Crippen LogP contribution in [0.5, 0.6) is 0 Å². The molecule has 5 nitrogen and oxygen atoms in total. The van der Waals surface area contributed by atoms with Crippen molar-refractivity contribution in [3.05, 3.63) is 0 Å². The highest BCUT2D eigenvalue weighted by Crippen LogP contribution is 2.58. The van der Waals surface area contributed by atoms with Crippen LogP contribution in [0, 0.1) is 11.8 Å². The van der Waals surface area contributed by atoms with Gasteiger partial charge in [-0.1, -0.05) is 0 Å². The molecule has 4 bridgehead atoms. The van der Waals surface area contributed by atoms with Crippen molar-refractivity contribution in [2.24, 2.45) is 11.8 Å². The fraction of sp³-hybridized carbons (Fsp3) is 0.938. The van der Waals surface area contributed by atoms with Crippen molar-refractivity contribution in [2.45, 2.75) is 49.7 Å². The summed E-state index contributed by atoms with van der Waals surface area (Å²) in [5.41, 5.74) is -0.939. The molecule has 0 radical (unpaired) electrons. The summed E-state index contributed by atoms with van der Waals surface area (Å²) in [7, 11) is 0. The van der Waals surface area contributed by atoms with Crippen LogP contribution >= 0.6 is 0 Å². The van der Waals surface area contributed by atoms with Gasteiger partial charge in [0.05, 0.1) is 25.4 Å². The predicted molar refractivity (Wildman–Crippen MR) is 75.7 cm³/mol. The molecule has 1 aliphatic heterocycles. The van der Waals surface area contributed by atoms with E-state index in [0.29, 0.717) is 38.0 Å². The minimum atomic E-state index is -0.566.